The fraction of sp³-hybridized carbons (Fsp3) is 0.176. The Kier molecular flexibility index (Phi) is 4.05. The average molecular weight is 295 g/mol. The molecule has 1 heterocycles. The van der Waals surface area contributed by atoms with Gasteiger partial charge < -0.3 is 14.8 Å². The highest BCUT2D eigenvalue weighted by atomic mass is 16.5. The molecule has 0 unspecified atom stereocenters. The Morgan fingerprint density at radius 3 is 2.50 bits per heavy atom. The molecule has 0 saturated carbocycles. The van der Waals surface area contributed by atoms with Gasteiger partial charge in [-0.25, -0.2) is 9.97 Å². The molecule has 0 bridgehead atoms. The van der Waals surface area contributed by atoms with Gasteiger partial charge in [0.15, 0.2) is 11.5 Å². The number of fused-ring (bicyclic) bond motifs is 1. The van der Waals surface area contributed by atoms with Gasteiger partial charge in [0.25, 0.3) is 0 Å². The second kappa shape index (κ2) is 6.30. The number of aromatic nitrogens is 2. The molecule has 0 saturated heterocycles. The number of methoxy groups -OCH3 is 2. The molecule has 5 heteroatoms. The Bertz CT molecular complexity index is 775. The molecule has 2 aromatic carbocycles. The van der Waals surface area contributed by atoms with E-state index in [0.717, 1.165) is 16.7 Å². The van der Waals surface area contributed by atoms with Crippen LogP contribution in [0.3, 0.4) is 0 Å². The van der Waals surface area contributed by atoms with E-state index >= 15 is 0 Å². The van der Waals surface area contributed by atoms with Gasteiger partial charge in [-0.05, 0) is 17.7 Å². The zero-order valence-electron chi connectivity index (χ0n) is 12.5. The first-order valence-corrected chi connectivity index (χ1v) is 6.97. The Balaban J connectivity index is 1.97. The number of hydrogen-bond acceptors (Lipinski definition) is 5. The molecule has 22 heavy (non-hydrogen) atoms. The van der Waals surface area contributed by atoms with E-state index in [1.807, 2.05) is 30.3 Å². The maximum absolute atomic E-state index is 5.42. The molecule has 0 aliphatic heterocycles. The third-order valence-electron chi connectivity index (χ3n) is 3.45. The van der Waals surface area contributed by atoms with Gasteiger partial charge in [-0.2, -0.15) is 0 Å². The molecule has 0 amide bonds. The van der Waals surface area contributed by atoms with Gasteiger partial charge in [-0.15, -0.1) is 0 Å². The quantitative estimate of drug-likeness (QED) is 0.783. The van der Waals surface area contributed by atoms with E-state index in [9.17, 15) is 0 Å². The van der Waals surface area contributed by atoms with Crippen LogP contribution >= 0.6 is 0 Å². The molecule has 3 rings (SSSR count). The minimum absolute atomic E-state index is 0.616. The summed E-state index contributed by atoms with van der Waals surface area (Å²) in [6, 6.07) is 14.0. The summed E-state index contributed by atoms with van der Waals surface area (Å²) in [5.41, 5.74) is 1.92. The Morgan fingerprint density at radius 1 is 0.955 bits per heavy atom. The first-order chi connectivity index (χ1) is 10.8. The Labute approximate surface area is 128 Å². The van der Waals surface area contributed by atoms with Crippen molar-refractivity contribution < 1.29 is 9.47 Å². The number of benzene rings is 2. The summed E-state index contributed by atoms with van der Waals surface area (Å²) in [4.78, 5) is 8.65. The molecule has 1 aromatic heterocycles. The van der Waals surface area contributed by atoms with Gasteiger partial charge in [0, 0.05) is 11.9 Å². The SMILES string of the molecule is COc1ccc2c(NCc3ccccc3)ncnc2c1OC. The zero-order valence-corrected chi connectivity index (χ0v) is 12.5. The lowest BCUT2D eigenvalue weighted by Gasteiger charge is -2.12. The van der Waals surface area contributed by atoms with E-state index in [1.54, 1.807) is 14.2 Å². The van der Waals surface area contributed by atoms with Crippen LogP contribution in [0, 0.1) is 0 Å². The van der Waals surface area contributed by atoms with E-state index in [4.69, 9.17) is 9.47 Å². The smallest absolute Gasteiger partial charge is 0.187 e. The summed E-state index contributed by atoms with van der Waals surface area (Å²) in [7, 11) is 3.22. The highest BCUT2D eigenvalue weighted by molar-refractivity contribution is 5.94. The van der Waals surface area contributed by atoms with Crippen LogP contribution in [-0.4, -0.2) is 24.2 Å². The van der Waals surface area contributed by atoms with Crippen LogP contribution in [0.15, 0.2) is 48.8 Å². The second-order valence-corrected chi connectivity index (χ2v) is 4.76. The molecular weight excluding hydrogens is 278 g/mol. The molecule has 0 fully saturated rings. The first kappa shape index (κ1) is 14.1. The normalized spacial score (nSPS) is 10.5. The molecular formula is C17H17N3O2. The van der Waals surface area contributed by atoms with Crippen molar-refractivity contribution in [2.24, 2.45) is 0 Å². The van der Waals surface area contributed by atoms with Crippen LogP contribution in [0.1, 0.15) is 5.56 Å². The van der Waals surface area contributed by atoms with Crippen LogP contribution in [0.25, 0.3) is 10.9 Å². The summed E-state index contributed by atoms with van der Waals surface area (Å²) >= 11 is 0. The van der Waals surface area contributed by atoms with Crippen LogP contribution < -0.4 is 14.8 Å². The van der Waals surface area contributed by atoms with Gasteiger partial charge in [-0.1, -0.05) is 30.3 Å². The summed E-state index contributed by atoms with van der Waals surface area (Å²) in [6.45, 7) is 0.696. The second-order valence-electron chi connectivity index (χ2n) is 4.76. The van der Waals surface area contributed by atoms with Crippen LogP contribution in [0.5, 0.6) is 11.5 Å². The number of anilines is 1. The van der Waals surface area contributed by atoms with Gasteiger partial charge in [0.1, 0.15) is 17.7 Å². The molecule has 112 valence electrons. The van der Waals surface area contributed by atoms with Crippen LogP contribution in [-0.2, 0) is 6.54 Å². The molecule has 0 aliphatic rings. The standard InChI is InChI=1S/C17H17N3O2/c1-21-14-9-8-13-15(16(14)22-2)19-11-20-17(13)18-10-12-6-4-3-5-7-12/h3-9,11H,10H2,1-2H3,(H,18,19,20). The predicted molar refractivity (Wildman–Crippen MR) is 86.4 cm³/mol. The molecule has 0 aliphatic carbocycles. The van der Waals surface area contributed by atoms with Gasteiger partial charge >= 0.3 is 0 Å². The molecule has 0 spiro atoms. The molecule has 1 N–H and O–H groups in total. The van der Waals surface area contributed by atoms with Gasteiger partial charge in [0.2, 0.25) is 0 Å². The highest BCUT2D eigenvalue weighted by Crippen LogP contribution is 2.35. The minimum atomic E-state index is 0.616. The van der Waals surface area contributed by atoms with Crippen molar-refractivity contribution >= 4 is 16.7 Å². The lowest BCUT2D eigenvalue weighted by Crippen LogP contribution is -2.03. The lowest BCUT2D eigenvalue weighted by molar-refractivity contribution is 0.358. The largest absolute Gasteiger partial charge is 0.493 e. The highest BCUT2D eigenvalue weighted by Gasteiger charge is 2.13. The number of hydrogen-bond donors (Lipinski definition) is 1. The predicted octanol–water partition coefficient (Wildman–Crippen LogP) is 3.26. The van der Waals surface area contributed by atoms with Gasteiger partial charge in [-0.3, -0.25) is 0 Å². The summed E-state index contributed by atoms with van der Waals surface area (Å²) in [5, 5.41) is 4.24. The summed E-state index contributed by atoms with van der Waals surface area (Å²) in [5.74, 6) is 2.04. The van der Waals surface area contributed by atoms with Crippen molar-refractivity contribution in [3.05, 3.63) is 54.4 Å². The van der Waals surface area contributed by atoms with Crippen LogP contribution in [0.2, 0.25) is 0 Å². The fourth-order valence-electron chi connectivity index (χ4n) is 2.37. The molecule has 5 nitrogen and oxygen atoms in total. The maximum atomic E-state index is 5.42. The van der Waals surface area contributed by atoms with Crippen molar-refractivity contribution in [1.82, 2.24) is 9.97 Å². The number of nitrogens with zero attached hydrogens (tertiary/aromatic N) is 2. The van der Waals surface area contributed by atoms with E-state index < -0.39 is 0 Å². The zero-order chi connectivity index (χ0) is 15.4. The molecule has 3 aromatic rings. The summed E-state index contributed by atoms with van der Waals surface area (Å²) < 4.78 is 10.7. The number of rotatable bonds is 5. The van der Waals surface area contributed by atoms with Crippen molar-refractivity contribution in [1.29, 1.82) is 0 Å². The third-order valence-corrected chi connectivity index (χ3v) is 3.45. The molecule has 0 radical (unpaired) electrons. The summed E-state index contributed by atoms with van der Waals surface area (Å²) in [6.07, 6.45) is 1.53. The van der Waals surface area contributed by atoms with E-state index in [2.05, 4.69) is 27.4 Å². The van der Waals surface area contributed by atoms with Crippen molar-refractivity contribution in [3.8, 4) is 11.5 Å². The van der Waals surface area contributed by atoms with Crippen molar-refractivity contribution in [3.63, 3.8) is 0 Å². The maximum Gasteiger partial charge on any atom is 0.187 e. The minimum Gasteiger partial charge on any atom is -0.493 e. The Hall–Kier alpha value is -2.82. The van der Waals surface area contributed by atoms with Crippen molar-refractivity contribution in [2.45, 2.75) is 6.54 Å². The number of nitrogens with one attached hydrogen (secondary N) is 1. The van der Waals surface area contributed by atoms with E-state index in [-0.39, 0.29) is 0 Å². The Morgan fingerprint density at radius 2 is 1.77 bits per heavy atom. The third kappa shape index (κ3) is 2.65. The first-order valence-electron chi connectivity index (χ1n) is 6.97. The van der Waals surface area contributed by atoms with E-state index in [1.165, 1.54) is 11.9 Å². The average Bonchev–Trinajstić information content (AvgIpc) is 2.59. The molecule has 0 atom stereocenters. The van der Waals surface area contributed by atoms with Gasteiger partial charge in [0.05, 0.1) is 14.2 Å². The number of ether oxygens (including phenoxy) is 2. The fourth-order valence-corrected chi connectivity index (χ4v) is 2.37. The van der Waals surface area contributed by atoms with Crippen LogP contribution in [0.4, 0.5) is 5.82 Å². The monoisotopic (exact) mass is 295 g/mol. The van der Waals surface area contributed by atoms with Crippen molar-refractivity contribution in [2.75, 3.05) is 19.5 Å². The topological polar surface area (TPSA) is 56.3 Å². The lowest BCUT2D eigenvalue weighted by atomic mass is 10.2. The van der Waals surface area contributed by atoms with E-state index in [0.29, 0.717) is 18.0 Å².